The third-order valence-electron chi connectivity index (χ3n) is 5.19. The lowest BCUT2D eigenvalue weighted by Crippen LogP contribution is -2.40. The number of ether oxygens (including phenoxy) is 1. The topological polar surface area (TPSA) is 79.0 Å². The monoisotopic (exact) mass is 451 g/mol. The molecular weight excluding hydrogens is 426 g/mol. The molecule has 2 aromatic rings. The third kappa shape index (κ3) is 4.95. The van der Waals surface area contributed by atoms with Gasteiger partial charge in [-0.15, -0.1) is 0 Å². The van der Waals surface area contributed by atoms with Crippen LogP contribution in [0.3, 0.4) is 0 Å². The van der Waals surface area contributed by atoms with Gasteiger partial charge in [0.1, 0.15) is 0 Å². The van der Waals surface area contributed by atoms with E-state index in [9.17, 15) is 13.2 Å². The molecule has 0 unspecified atom stereocenters. The molecule has 9 heteroatoms. The van der Waals surface area contributed by atoms with Gasteiger partial charge in [-0.3, -0.25) is 4.79 Å². The number of nitrogens with zero attached hydrogens (tertiary/aromatic N) is 2. The minimum atomic E-state index is -3.68. The highest BCUT2D eigenvalue weighted by atomic mass is 35.5. The van der Waals surface area contributed by atoms with E-state index >= 15 is 0 Å². The van der Waals surface area contributed by atoms with E-state index in [0.717, 1.165) is 16.8 Å². The van der Waals surface area contributed by atoms with Crippen LogP contribution < -0.4 is 10.2 Å². The van der Waals surface area contributed by atoms with Crippen LogP contribution >= 0.6 is 11.6 Å². The minimum absolute atomic E-state index is 0.0898. The third-order valence-corrected chi connectivity index (χ3v) is 7.41. The van der Waals surface area contributed by atoms with Crippen molar-refractivity contribution in [2.24, 2.45) is 0 Å². The number of carbonyl (C=O) groups is 1. The average Bonchev–Trinajstić information content (AvgIpc) is 2.72. The number of amides is 1. The Balaban J connectivity index is 1.75. The van der Waals surface area contributed by atoms with Crippen LogP contribution in [0.4, 0.5) is 11.4 Å². The maximum absolute atomic E-state index is 12.9. The van der Waals surface area contributed by atoms with Crippen molar-refractivity contribution in [3.05, 3.63) is 52.5 Å². The number of benzene rings is 2. The number of sulfonamides is 1. The zero-order valence-corrected chi connectivity index (χ0v) is 18.9. The summed E-state index contributed by atoms with van der Waals surface area (Å²) in [7, 11) is -1.84. The minimum Gasteiger partial charge on any atom is -0.379 e. The summed E-state index contributed by atoms with van der Waals surface area (Å²) in [6.45, 7) is 5.45. The number of halogens is 1. The van der Waals surface area contributed by atoms with Gasteiger partial charge >= 0.3 is 0 Å². The van der Waals surface area contributed by atoms with Crippen LogP contribution in [0.1, 0.15) is 11.1 Å². The molecule has 0 bridgehead atoms. The van der Waals surface area contributed by atoms with Gasteiger partial charge in [-0.05, 0) is 49.2 Å². The first-order valence-corrected chi connectivity index (χ1v) is 11.5. The number of carbonyl (C=O) groups excluding carboxylic acids is 1. The second-order valence-electron chi connectivity index (χ2n) is 7.28. The van der Waals surface area contributed by atoms with Gasteiger partial charge in [0.15, 0.2) is 0 Å². The Morgan fingerprint density at radius 1 is 1.20 bits per heavy atom. The summed E-state index contributed by atoms with van der Waals surface area (Å²) >= 11 is 6.22. The summed E-state index contributed by atoms with van der Waals surface area (Å²) in [6.07, 6.45) is 0. The molecule has 0 radical (unpaired) electrons. The summed E-state index contributed by atoms with van der Waals surface area (Å²) in [6, 6.07) is 10.3. The van der Waals surface area contributed by atoms with Crippen molar-refractivity contribution in [3.8, 4) is 0 Å². The fourth-order valence-electron chi connectivity index (χ4n) is 3.34. The highest BCUT2D eigenvalue weighted by Gasteiger charge is 2.27. The Morgan fingerprint density at radius 2 is 1.90 bits per heavy atom. The largest absolute Gasteiger partial charge is 0.379 e. The second kappa shape index (κ2) is 9.34. The Hall–Kier alpha value is -2.13. The molecule has 1 aliphatic heterocycles. The first-order chi connectivity index (χ1) is 14.2. The smallest absolute Gasteiger partial charge is 0.243 e. The van der Waals surface area contributed by atoms with Crippen molar-refractivity contribution in [2.75, 3.05) is 50.1 Å². The molecule has 0 atom stereocenters. The number of morpholine rings is 1. The lowest BCUT2D eigenvalue weighted by molar-refractivity contribution is -0.114. The summed E-state index contributed by atoms with van der Waals surface area (Å²) in [5.74, 6) is -0.291. The number of nitrogens with one attached hydrogen (secondary N) is 1. The standard InChI is InChI=1S/C21H26ClN3O4S/c1-15-5-4-6-20(16(15)2)24(3)14-21(26)23-19-13-17(7-8-18(19)22)30(27,28)25-9-11-29-12-10-25/h4-8,13H,9-12,14H2,1-3H3,(H,23,26). The van der Waals surface area contributed by atoms with E-state index in [2.05, 4.69) is 5.32 Å². The molecule has 0 saturated carbocycles. The van der Waals surface area contributed by atoms with Crippen molar-refractivity contribution in [3.63, 3.8) is 0 Å². The maximum atomic E-state index is 12.9. The van der Waals surface area contributed by atoms with Crippen molar-refractivity contribution >= 4 is 38.9 Å². The highest BCUT2D eigenvalue weighted by molar-refractivity contribution is 7.89. The lowest BCUT2D eigenvalue weighted by atomic mass is 10.1. The van der Waals surface area contributed by atoms with Crippen LogP contribution in [0.5, 0.6) is 0 Å². The Labute approximate surface area is 182 Å². The fraction of sp³-hybridized carbons (Fsp3) is 0.381. The summed E-state index contributed by atoms with van der Waals surface area (Å²) < 4.78 is 32.4. The molecule has 162 valence electrons. The quantitative estimate of drug-likeness (QED) is 0.730. The van der Waals surface area contributed by atoms with E-state index in [1.54, 1.807) is 0 Å². The van der Waals surface area contributed by atoms with Crippen LogP contribution in [0.15, 0.2) is 41.3 Å². The number of hydrogen-bond donors (Lipinski definition) is 1. The predicted molar refractivity (Wildman–Crippen MR) is 119 cm³/mol. The van der Waals surface area contributed by atoms with Gasteiger partial charge in [0.05, 0.1) is 35.4 Å². The number of aryl methyl sites for hydroxylation is 1. The number of rotatable bonds is 6. The van der Waals surface area contributed by atoms with E-state index in [-0.39, 0.29) is 28.1 Å². The summed E-state index contributed by atoms with van der Waals surface area (Å²) in [5.41, 5.74) is 3.47. The lowest BCUT2D eigenvalue weighted by Gasteiger charge is -2.26. The summed E-state index contributed by atoms with van der Waals surface area (Å²) in [4.78, 5) is 14.6. The summed E-state index contributed by atoms with van der Waals surface area (Å²) in [5, 5.41) is 3.02. The van der Waals surface area contributed by atoms with Crippen LogP contribution in [-0.2, 0) is 19.6 Å². The molecular formula is C21H26ClN3O4S. The molecule has 1 saturated heterocycles. The molecule has 1 amide bonds. The number of hydrogen-bond acceptors (Lipinski definition) is 5. The van der Waals surface area contributed by atoms with Crippen molar-refractivity contribution in [2.45, 2.75) is 18.7 Å². The van der Waals surface area contributed by atoms with Crippen molar-refractivity contribution < 1.29 is 17.9 Å². The normalized spacial score (nSPS) is 15.1. The molecule has 1 heterocycles. The first kappa shape index (κ1) is 22.6. The molecule has 7 nitrogen and oxygen atoms in total. The van der Waals surface area contributed by atoms with E-state index in [1.165, 1.54) is 22.5 Å². The zero-order chi connectivity index (χ0) is 21.9. The molecule has 1 N–H and O–H groups in total. The molecule has 1 aliphatic rings. The predicted octanol–water partition coefficient (Wildman–Crippen LogP) is 3.05. The Kier molecular flexibility index (Phi) is 7.02. The first-order valence-electron chi connectivity index (χ1n) is 9.65. The van der Waals surface area contributed by atoms with Gasteiger partial charge in [-0.2, -0.15) is 4.31 Å². The molecule has 0 spiro atoms. The fourth-order valence-corrected chi connectivity index (χ4v) is 4.94. The van der Waals surface area contributed by atoms with Gasteiger partial charge in [-0.1, -0.05) is 23.7 Å². The van der Waals surface area contributed by atoms with Gasteiger partial charge in [0.2, 0.25) is 15.9 Å². The second-order valence-corrected chi connectivity index (χ2v) is 9.63. The average molecular weight is 452 g/mol. The molecule has 2 aromatic carbocycles. The van der Waals surface area contributed by atoms with E-state index in [0.29, 0.717) is 26.3 Å². The van der Waals surface area contributed by atoms with Crippen LogP contribution in [-0.4, -0.2) is 58.5 Å². The zero-order valence-electron chi connectivity index (χ0n) is 17.3. The van der Waals surface area contributed by atoms with Gasteiger partial charge < -0.3 is 15.0 Å². The van der Waals surface area contributed by atoms with Crippen LogP contribution in [0, 0.1) is 13.8 Å². The van der Waals surface area contributed by atoms with E-state index in [4.69, 9.17) is 16.3 Å². The maximum Gasteiger partial charge on any atom is 0.243 e. The van der Waals surface area contributed by atoms with Crippen molar-refractivity contribution in [1.29, 1.82) is 0 Å². The van der Waals surface area contributed by atoms with Crippen LogP contribution in [0.25, 0.3) is 0 Å². The number of likely N-dealkylation sites (N-methyl/N-ethyl adjacent to an activating group) is 1. The van der Waals surface area contributed by atoms with E-state index in [1.807, 2.05) is 44.0 Å². The molecule has 3 rings (SSSR count). The van der Waals surface area contributed by atoms with Gasteiger partial charge in [-0.25, -0.2) is 8.42 Å². The Morgan fingerprint density at radius 3 is 2.60 bits per heavy atom. The molecule has 30 heavy (non-hydrogen) atoms. The van der Waals surface area contributed by atoms with Crippen LogP contribution in [0.2, 0.25) is 5.02 Å². The van der Waals surface area contributed by atoms with Crippen molar-refractivity contribution in [1.82, 2.24) is 4.31 Å². The van der Waals surface area contributed by atoms with Gasteiger partial charge in [0, 0.05) is 25.8 Å². The van der Waals surface area contributed by atoms with E-state index < -0.39 is 10.0 Å². The number of anilines is 2. The SMILES string of the molecule is Cc1cccc(N(C)CC(=O)Nc2cc(S(=O)(=O)N3CCOCC3)ccc2Cl)c1C. The molecule has 1 fully saturated rings. The van der Waals surface area contributed by atoms with Gasteiger partial charge in [0.25, 0.3) is 0 Å². The molecule has 0 aromatic heterocycles. The molecule has 0 aliphatic carbocycles. The highest BCUT2D eigenvalue weighted by Crippen LogP contribution is 2.28. The Bertz CT molecular complexity index is 1040.